The molecule has 3 aromatic carbocycles. The molecule has 0 saturated carbocycles. The van der Waals surface area contributed by atoms with E-state index in [9.17, 15) is 0 Å². The molecule has 4 heteroatoms. The van der Waals surface area contributed by atoms with E-state index in [1.54, 1.807) is 0 Å². The molecule has 0 aliphatic heterocycles. The summed E-state index contributed by atoms with van der Waals surface area (Å²) in [6, 6.07) is 24.4. The molecule has 1 heterocycles. The predicted molar refractivity (Wildman–Crippen MR) is 105 cm³/mol. The van der Waals surface area contributed by atoms with Crippen LogP contribution in [-0.2, 0) is 12.8 Å². The second-order valence-electron chi connectivity index (χ2n) is 6.36. The van der Waals surface area contributed by atoms with Crippen molar-refractivity contribution in [2.24, 2.45) is 0 Å². The molecule has 0 bridgehead atoms. The number of rotatable bonds is 6. The average molecular weight is 343 g/mol. The van der Waals surface area contributed by atoms with Crippen LogP contribution >= 0.6 is 0 Å². The van der Waals surface area contributed by atoms with Crippen LogP contribution in [0.4, 0.5) is 5.69 Å². The minimum Gasteiger partial charge on any atom is -0.493 e. The van der Waals surface area contributed by atoms with Crippen molar-refractivity contribution in [1.29, 1.82) is 0 Å². The molecule has 1 aromatic heterocycles. The van der Waals surface area contributed by atoms with Gasteiger partial charge in [0.05, 0.1) is 17.6 Å². The van der Waals surface area contributed by atoms with Crippen LogP contribution in [0.1, 0.15) is 17.0 Å². The summed E-state index contributed by atoms with van der Waals surface area (Å²) in [6.45, 7) is 0.577. The van der Waals surface area contributed by atoms with Crippen molar-refractivity contribution in [1.82, 2.24) is 9.97 Å². The lowest BCUT2D eigenvalue weighted by molar-refractivity contribution is 0.319. The third-order valence-corrected chi connectivity index (χ3v) is 4.34. The van der Waals surface area contributed by atoms with Gasteiger partial charge in [-0.3, -0.25) is 0 Å². The van der Waals surface area contributed by atoms with Gasteiger partial charge in [0, 0.05) is 12.1 Å². The van der Waals surface area contributed by atoms with Crippen LogP contribution in [0.25, 0.3) is 11.0 Å². The number of fused-ring (bicyclic) bond motifs is 1. The third kappa shape index (κ3) is 3.86. The van der Waals surface area contributed by atoms with Crippen LogP contribution in [0.15, 0.2) is 72.8 Å². The summed E-state index contributed by atoms with van der Waals surface area (Å²) in [7, 11) is 0. The molecule has 0 spiro atoms. The Hall–Kier alpha value is -3.27. The number of hydrogen-bond acceptors (Lipinski definition) is 3. The fraction of sp³-hybridized carbons (Fsp3) is 0.136. The van der Waals surface area contributed by atoms with E-state index in [0.717, 1.165) is 41.1 Å². The van der Waals surface area contributed by atoms with Gasteiger partial charge < -0.3 is 15.5 Å². The highest BCUT2D eigenvalue weighted by molar-refractivity contribution is 5.78. The molecule has 4 rings (SSSR count). The highest BCUT2D eigenvalue weighted by atomic mass is 16.5. The van der Waals surface area contributed by atoms with Gasteiger partial charge in [0.2, 0.25) is 0 Å². The standard InChI is InChI=1S/C22H21N3O/c23-18-8-11-20-21(15-18)25-22(24-20)12-13-26-19-9-6-17(7-10-19)14-16-4-2-1-3-5-16/h1-11,15H,12-14,23H2,(H,24,25). The number of nitrogens with two attached hydrogens (primary N) is 1. The Kier molecular flexibility index (Phi) is 4.56. The monoisotopic (exact) mass is 343 g/mol. The zero-order valence-electron chi connectivity index (χ0n) is 14.5. The minimum atomic E-state index is 0.577. The maximum absolute atomic E-state index is 5.85. The number of aromatic nitrogens is 2. The number of hydrogen-bond donors (Lipinski definition) is 2. The van der Waals surface area contributed by atoms with Crippen molar-refractivity contribution < 1.29 is 4.74 Å². The van der Waals surface area contributed by atoms with E-state index in [1.165, 1.54) is 11.1 Å². The molecule has 0 unspecified atom stereocenters. The smallest absolute Gasteiger partial charge is 0.119 e. The number of anilines is 1. The normalized spacial score (nSPS) is 10.9. The number of H-pyrrole nitrogens is 1. The summed E-state index contributed by atoms with van der Waals surface area (Å²) in [5.41, 5.74) is 11.0. The molecule has 0 amide bonds. The molecular formula is C22H21N3O. The average Bonchev–Trinajstić information content (AvgIpc) is 3.06. The lowest BCUT2D eigenvalue weighted by Gasteiger charge is -2.07. The highest BCUT2D eigenvalue weighted by Gasteiger charge is 2.04. The van der Waals surface area contributed by atoms with Gasteiger partial charge in [0.1, 0.15) is 11.6 Å². The van der Waals surface area contributed by atoms with Crippen LogP contribution in [0.3, 0.4) is 0 Å². The molecule has 0 atom stereocenters. The van der Waals surface area contributed by atoms with Gasteiger partial charge in [-0.2, -0.15) is 0 Å². The van der Waals surface area contributed by atoms with Gasteiger partial charge in [-0.05, 0) is 47.9 Å². The number of nitrogens with zero attached hydrogens (tertiary/aromatic N) is 1. The van der Waals surface area contributed by atoms with Crippen LogP contribution in [0.5, 0.6) is 5.75 Å². The zero-order chi connectivity index (χ0) is 17.8. The summed E-state index contributed by atoms with van der Waals surface area (Å²) in [5.74, 6) is 1.79. The Bertz CT molecular complexity index is 991. The van der Waals surface area contributed by atoms with Gasteiger partial charge in [0.15, 0.2) is 0 Å². The van der Waals surface area contributed by atoms with Gasteiger partial charge in [0.25, 0.3) is 0 Å². The molecule has 0 fully saturated rings. The van der Waals surface area contributed by atoms with E-state index >= 15 is 0 Å². The fourth-order valence-corrected chi connectivity index (χ4v) is 3.00. The van der Waals surface area contributed by atoms with Crippen molar-refractivity contribution in [2.45, 2.75) is 12.8 Å². The molecule has 4 nitrogen and oxygen atoms in total. The molecule has 0 saturated heterocycles. The Labute approximate surface area is 152 Å². The predicted octanol–water partition coefficient (Wildman–Crippen LogP) is 4.36. The van der Waals surface area contributed by atoms with Crippen LogP contribution in [0, 0.1) is 0 Å². The minimum absolute atomic E-state index is 0.577. The SMILES string of the molecule is Nc1ccc2nc(CCOc3ccc(Cc4ccccc4)cc3)[nH]c2c1. The second kappa shape index (κ2) is 7.31. The number of ether oxygens (including phenoxy) is 1. The Morgan fingerprint density at radius 3 is 2.46 bits per heavy atom. The van der Waals surface area contributed by atoms with Gasteiger partial charge in [-0.1, -0.05) is 42.5 Å². The summed E-state index contributed by atoms with van der Waals surface area (Å²) in [6.07, 6.45) is 1.66. The van der Waals surface area contributed by atoms with Crippen molar-refractivity contribution >= 4 is 16.7 Å². The second-order valence-corrected chi connectivity index (χ2v) is 6.36. The molecule has 4 aromatic rings. The Morgan fingerprint density at radius 2 is 1.65 bits per heavy atom. The topological polar surface area (TPSA) is 63.9 Å². The van der Waals surface area contributed by atoms with E-state index in [2.05, 4.69) is 46.4 Å². The van der Waals surface area contributed by atoms with Crippen molar-refractivity contribution in [2.75, 3.05) is 12.3 Å². The van der Waals surface area contributed by atoms with Gasteiger partial charge >= 0.3 is 0 Å². The van der Waals surface area contributed by atoms with Crippen LogP contribution in [-0.4, -0.2) is 16.6 Å². The zero-order valence-corrected chi connectivity index (χ0v) is 14.5. The molecule has 3 N–H and O–H groups in total. The quantitative estimate of drug-likeness (QED) is 0.511. The Morgan fingerprint density at radius 1 is 0.885 bits per heavy atom. The van der Waals surface area contributed by atoms with E-state index < -0.39 is 0 Å². The molecule has 0 radical (unpaired) electrons. The Balaban J connectivity index is 1.32. The molecule has 0 aliphatic rings. The van der Waals surface area contributed by atoms with E-state index in [1.807, 2.05) is 36.4 Å². The maximum atomic E-state index is 5.85. The molecule has 130 valence electrons. The van der Waals surface area contributed by atoms with Crippen LogP contribution < -0.4 is 10.5 Å². The largest absolute Gasteiger partial charge is 0.493 e. The van der Waals surface area contributed by atoms with E-state index in [-0.39, 0.29) is 0 Å². The lowest BCUT2D eigenvalue weighted by Crippen LogP contribution is -2.02. The fourth-order valence-electron chi connectivity index (χ4n) is 3.00. The number of aromatic amines is 1. The lowest BCUT2D eigenvalue weighted by atomic mass is 10.1. The number of benzene rings is 3. The molecule has 0 aliphatic carbocycles. The van der Waals surface area contributed by atoms with Gasteiger partial charge in [-0.15, -0.1) is 0 Å². The first-order chi connectivity index (χ1) is 12.8. The third-order valence-electron chi connectivity index (χ3n) is 4.34. The highest BCUT2D eigenvalue weighted by Crippen LogP contribution is 2.17. The summed E-state index contributed by atoms with van der Waals surface area (Å²) in [5, 5.41) is 0. The van der Waals surface area contributed by atoms with E-state index in [4.69, 9.17) is 10.5 Å². The first kappa shape index (κ1) is 16.2. The summed E-state index contributed by atoms with van der Waals surface area (Å²) < 4.78 is 5.85. The van der Waals surface area contributed by atoms with Crippen molar-refractivity contribution in [3.63, 3.8) is 0 Å². The first-order valence-electron chi connectivity index (χ1n) is 8.76. The molecular weight excluding hydrogens is 322 g/mol. The number of nitrogen functional groups attached to an aromatic ring is 1. The maximum Gasteiger partial charge on any atom is 0.119 e. The van der Waals surface area contributed by atoms with Crippen molar-refractivity contribution in [3.8, 4) is 5.75 Å². The summed E-state index contributed by atoms with van der Waals surface area (Å²) >= 11 is 0. The number of nitrogens with one attached hydrogen (secondary N) is 1. The number of imidazole rings is 1. The summed E-state index contributed by atoms with van der Waals surface area (Å²) in [4.78, 5) is 7.84. The van der Waals surface area contributed by atoms with Crippen molar-refractivity contribution in [3.05, 3.63) is 89.7 Å². The first-order valence-corrected chi connectivity index (χ1v) is 8.76. The molecule has 26 heavy (non-hydrogen) atoms. The van der Waals surface area contributed by atoms with Crippen LogP contribution in [0.2, 0.25) is 0 Å². The van der Waals surface area contributed by atoms with E-state index in [0.29, 0.717) is 6.61 Å². The van der Waals surface area contributed by atoms with Gasteiger partial charge in [-0.25, -0.2) is 4.98 Å².